The van der Waals surface area contributed by atoms with E-state index in [-0.39, 0.29) is 30.3 Å². The van der Waals surface area contributed by atoms with Crippen molar-refractivity contribution in [3.8, 4) is 0 Å². The van der Waals surface area contributed by atoms with E-state index in [0.29, 0.717) is 5.56 Å². The Hall–Kier alpha value is -1.62. The van der Waals surface area contributed by atoms with E-state index < -0.39 is 5.82 Å². The van der Waals surface area contributed by atoms with Crippen LogP contribution in [0, 0.1) is 12.7 Å². The molecular weight excluding hydrogens is 211 g/mol. The second-order valence-electron chi connectivity index (χ2n) is 3.62. The molecule has 1 aromatic carbocycles. The summed E-state index contributed by atoms with van der Waals surface area (Å²) in [6, 6.07) is 2.59. The number of nitrogen functional groups attached to an aromatic ring is 1. The number of hydrogen-bond acceptors (Lipinski definition) is 3. The highest BCUT2D eigenvalue weighted by Gasteiger charge is 2.14. The molecule has 0 fully saturated rings. The second kappa shape index (κ2) is 4.94. The summed E-state index contributed by atoms with van der Waals surface area (Å²) in [5.74, 6) is -0.861. The lowest BCUT2D eigenvalue weighted by molar-refractivity contribution is 0.0766. The molecule has 1 rings (SSSR count). The van der Waals surface area contributed by atoms with Crippen molar-refractivity contribution in [3.05, 3.63) is 29.1 Å². The van der Waals surface area contributed by atoms with E-state index >= 15 is 0 Å². The minimum absolute atomic E-state index is 0.133. The van der Waals surface area contributed by atoms with Crippen molar-refractivity contribution in [2.24, 2.45) is 0 Å². The molecule has 0 bridgehead atoms. The summed E-state index contributed by atoms with van der Waals surface area (Å²) in [6.45, 7) is 1.62. The average Bonchev–Trinajstić information content (AvgIpc) is 2.24. The van der Waals surface area contributed by atoms with Crippen molar-refractivity contribution in [2.75, 3.05) is 25.9 Å². The van der Waals surface area contributed by atoms with Crippen LogP contribution in [0.3, 0.4) is 0 Å². The monoisotopic (exact) mass is 226 g/mol. The summed E-state index contributed by atoms with van der Waals surface area (Å²) < 4.78 is 13.3. The number of amides is 1. The average molecular weight is 226 g/mol. The van der Waals surface area contributed by atoms with Gasteiger partial charge in [0, 0.05) is 30.4 Å². The number of carbonyl (C=O) groups is 1. The van der Waals surface area contributed by atoms with Crippen molar-refractivity contribution in [2.45, 2.75) is 6.92 Å². The summed E-state index contributed by atoms with van der Waals surface area (Å²) in [5.41, 5.74) is 6.35. The molecule has 0 radical (unpaired) electrons. The summed E-state index contributed by atoms with van der Waals surface area (Å²) in [7, 11) is 1.53. The number of likely N-dealkylation sites (N-methyl/N-ethyl adjacent to an activating group) is 1. The quantitative estimate of drug-likeness (QED) is 0.748. The highest BCUT2D eigenvalue weighted by molar-refractivity contribution is 5.95. The van der Waals surface area contributed by atoms with Gasteiger partial charge in [-0.3, -0.25) is 4.79 Å². The molecule has 16 heavy (non-hydrogen) atoms. The van der Waals surface area contributed by atoms with Gasteiger partial charge in [-0.25, -0.2) is 4.39 Å². The van der Waals surface area contributed by atoms with Crippen LogP contribution in [-0.4, -0.2) is 36.1 Å². The van der Waals surface area contributed by atoms with Gasteiger partial charge in [-0.2, -0.15) is 0 Å². The third-order valence-electron chi connectivity index (χ3n) is 2.41. The van der Waals surface area contributed by atoms with Crippen LogP contribution >= 0.6 is 0 Å². The summed E-state index contributed by atoms with van der Waals surface area (Å²) >= 11 is 0. The predicted octanol–water partition coefficient (Wildman–Crippen LogP) is 0.781. The van der Waals surface area contributed by atoms with Gasteiger partial charge in [0.1, 0.15) is 5.82 Å². The van der Waals surface area contributed by atoms with E-state index in [1.165, 1.54) is 18.0 Å². The number of aliphatic hydroxyl groups excluding tert-OH is 1. The van der Waals surface area contributed by atoms with E-state index in [0.717, 1.165) is 6.07 Å². The number of nitrogens with zero attached hydrogens (tertiary/aromatic N) is 1. The minimum atomic E-state index is -0.499. The summed E-state index contributed by atoms with van der Waals surface area (Å²) in [6.07, 6.45) is 0. The number of nitrogens with two attached hydrogens (primary N) is 1. The van der Waals surface area contributed by atoms with Crippen LogP contribution in [0.15, 0.2) is 12.1 Å². The number of aliphatic hydroxyl groups is 1. The number of anilines is 1. The van der Waals surface area contributed by atoms with Crippen LogP contribution < -0.4 is 5.73 Å². The molecule has 0 aliphatic heterocycles. The van der Waals surface area contributed by atoms with Crippen LogP contribution in [0.5, 0.6) is 0 Å². The Labute approximate surface area is 93.5 Å². The molecule has 0 saturated heterocycles. The van der Waals surface area contributed by atoms with Crippen molar-refractivity contribution in [1.82, 2.24) is 4.90 Å². The Bertz CT molecular complexity index is 384. The third kappa shape index (κ3) is 2.49. The van der Waals surface area contributed by atoms with Gasteiger partial charge in [-0.15, -0.1) is 0 Å². The number of halogens is 1. The van der Waals surface area contributed by atoms with Crippen molar-refractivity contribution < 1.29 is 14.3 Å². The van der Waals surface area contributed by atoms with Crippen LogP contribution in [0.25, 0.3) is 0 Å². The zero-order chi connectivity index (χ0) is 12.3. The van der Waals surface area contributed by atoms with Crippen LogP contribution in [-0.2, 0) is 0 Å². The molecule has 0 aliphatic carbocycles. The SMILES string of the molecule is Cc1c(N)cc(C(=O)N(C)CCO)cc1F. The van der Waals surface area contributed by atoms with E-state index in [2.05, 4.69) is 0 Å². The van der Waals surface area contributed by atoms with Crippen molar-refractivity contribution in [1.29, 1.82) is 0 Å². The largest absolute Gasteiger partial charge is 0.398 e. The number of benzene rings is 1. The zero-order valence-corrected chi connectivity index (χ0v) is 9.33. The molecule has 0 aliphatic rings. The maximum atomic E-state index is 13.3. The van der Waals surface area contributed by atoms with Gasteiger partial charge in [-0.05, 0) is 19.1 Å². The van der Waals surface area contributed by atoms with Gasteiger partial charge in [0.15, 0.2) is 0 Å². The summed E-state index contributed by atoms with van der Waals surface area (Å²) in [4.78, 5) is 13.1. The van der Waals surface area contributed by atoms with Crippen molar-refractivity contribution >= 4 is 11.6 Å². The molecular formula is C11H15FN2O2. The molecule has 88 valence electrons. The van der Waals surface area contributed by atoms with Gasteiger partial charge in [0.2, 0.25) is 0 Å². The first-order valence-electron chi connectivity index (χ1n) is 4.89. The normalized spacial score (nSPS) is 10.2. The third-order valence-corrected chi connectivity index (χ3v) is 2.41. The van der Waals surface area contributed by atoms with E-state index in [4.69, 9.17) is 10.8 Å². The Morgan fingerprint density at radius 2 is 2.19 bits per heavy atom. The molecule has 0 unspecified atom stereocenters. The molecule has 1 aromatic rings. The Balaban J connectivity index is 3.01. The molecule has 5 heteroatoms. The first-order chi connectivity index (χ1) is 7.47. The standard InChI is InChI=1S/C11H15FN2O2/c1-7-9(12)5-8(6-10(7)13)11(16)14(2)3-4-15/h5-6,15H,3-4,13H2,1-2H3. The van der Waals surface area contributed by atoms with E-state index in [9.17, 15) is 9.18 Å². The van der Waals surface area contributed by atoms with E-state index in [1.807, 2.05) is 0 Å². The highest BCUT2D eigenvalue weighted by Crippen LogP contribution is 2.18. The van der Waals surface area contributed by atoms with Gasteiger partial charge < -0.3 is 15.7 Å². The molecule has 0 saturated carbocycles. The summed E-state index contributed by atoms with van der Waals surface area (Å²) in [5, 5.41) is 8.69. The van der Waals surface area contributed by atoms with Crippen LogP contribution in [0.2, 0.25) is 0 Å². The lowest BCUT2D eigenvalue weighted by Crippen LogP contribution is -2.29. The molecule has 3 N–H and O–H groups in total. The topological polar surface area (TPSA) is 66.6 Å². The van der Waals surface area contributed by atoms with Crippen LogP contribution in [0.1, 0.15) is 15.9 Å². The number of carbonyl (C=O) groups excluding carboxylic acids is 1. The molecule has 0 aromatic heterocycles. The van der Waals surface area contributed by atoms with Gasteiger partial charge in [-0.1, -0.05) is 0 Å². The van der Waals surface area contributed by atoms with Gasteiger partial charge >= 0.3 is 0 Å². The first kappa shape index (κ1) is 12.4. The smallest absolute Gasteiger partial charge is 0.253 e. The Morgan fingerprint density at radius 3 is 2.69 bits per heavy atom. The fourth-order valence-electron chi connectivity index (χ4n) is 1.30. The molecule has 1 amide bonds. The lowest BCUT2D eigenvalue weighted by atomic mass is 10.1. The van der Waals surface area contributed by atoms with Crippen molar-refractivity contribution in [3.63, 3.8) is 0 Å². The molecule has 0 heterocycles. The number of hydrogen-bond donors (Lipinski definition) is 2. The van der Waals surface area contributed by atoms with Crippen LogP contribution in [0.4, 0.5) is 10.1 Å². The minimum Gasteiger partial charge on any atom is -0.398 e. The molecule has 4 nitrogen and oxygen atoms in total. The maximum Gasteiger partial charge on any atom is 0.253 e. The van der Waals surface area contributed by atoms with Gasteiger partial charge in [0.05, 0.1) is 6.61 Å². The van der Waals surface area contributed by atoms with E-state index in [1.54, 1.807) is 6.92 Å². The second-order valence-corrected chi connectivity index (χ2v) is 3.62. The highest BCUT2D eigenvalue weighted by atomic mass is 19.1. The first-order valence-corrected chi connectivity index (χ1v) is 4.89. The fraction of sp³-hybridized carbons (Fsp3) is 0.364. The Morgan fingerprint density at radius 1 is 1.56 bits per heavy atom. The Kier molecular flexibility index (Phi) is 3.84. The molecule has 0 spiro atoms. The molecule has 0 atom stereocenters. The maximum absolute atomic E-state index is 13.3. The van der Waals surface area contributed by atoms with Gasteiger partial charge in [0.25, 0.3) is 5.91 Å². The predicted molar refractivity (Wildman–Crippen MR) is 59.6 cm³/mol. The zero-order valence-electron chi connectivity index (χ0n) is 9.33. The fourth-order valence-corrected chi connectivity index (χ4v) is 1.30. The lowest BCUT2D eigenvalue weighted by Gasteiger charge is -2.16. The number of rotatable bonds is 3.